The highest BCUT2D eigenvalue weighted by Crippen LogP contribution is 2.30. The van der Waals surface area contributed by atoms with Crippen molar-refractivity contribution in [3.05, 3.63) is 71.3 Å². The maximum Gasteiger partial charge on any atom is 0.0794 e. The number of thiocarbonyl (C=S) groups is 1. The van der Waals surface area contributed by atoms with E-state index in [1.807, 2.05) is 55.5 Å². The summed E-state index contributed by atoms with van der Waals surface area (Å²) in [4.78, 5) is 0.800. The van der Waals surface area contributed by atoms with E-state index in [1.54, 1.807) is 0 Å². The fourth-order valence-electron chi connectivity index (χ4n) is 1.91. The molecule has 0 heterocycles. The molecule has 0 radical (unpaired) electrons. The van der Waals surface area contributed by atoms with Crippen LogP contribution in [0.15, 0.2) is 55.1 Å². The minimum absolute atomic E-state index is 0.685. The Kier molecular flexibility index (Phi) is 4.94. The molecule has 2 aromatic carbocycles. The van der Waals surface area contributed by atoms with Crippen molar-refractivity contribution >= 4 is 40.1 Å². The van der Waals surface area contributed by atoms with Crippen LogP contribution in [-0.2, 0) is 0 Å². The second-order valence-corrected chi connectivity index (χ2v) is 5.37. The first-order chi connectivity index (χ1) is 9.61. The predicted octanol–water partition coefficient (Wildman–Crippen LogP) is 5.55. The lowest BCUT2D eigenvalue weighted by Gasteiger charge is -2.15. The molecule has 20 heavy (non-hydrogen) atoms. The molecular weight excluding hydrogens is 286 g/mol. The summed E-state index contributed by atoms with van der Waals surface area (Å²) in [6.07, 6.45) is 0.801. The number of hydrogen-bond acceptors (Lipinski definition) is 1. The molecule has 0 aliphatic rings. The average molecular weight is 302 g/mol. The number of benzene rings is 2. The van der Waals surface area contributed by atoms with Crippen LogP contribution in [0.3, 0.4) is 0 Å². The van der Waals surface area contributed by atoms with Crippen molar-refractivity contribution in [2.75, 3.05) is 5.32 Å². The molecule has 2 rings (SSSR count). The molecule has 0 aliphatic carbocycles. The van der Waals surface area contributed by atoms with Crippen LogP contribution in [0.2, 0.25) is 5.02 Å². The first-order valence-corrected chi connectivity index (χ1v) is 7.24. The van der Waals surface area contributed by atoms with Gasteiger partial charge in [-0.3, -0.25) is 0 Å². The van der Waals surface area contributed by atoms with E-state index in [0.29, 0.717) is 5.02 Å². The minimum atomic E-state index is 0.685. The molecule has 0 atom stereocenters. The van der Waals surface area contributed by atoms with Crippen LogP contribution in [0.25, 0.3) is 5.57 Å². The van der Waals surface area contributed by atoms with E-state index in [-0.39, 0.29) is 0 Å². The third kappa shape index (κ3) is 3.47. The van der Waals surface area contributed by atoms with Crippen LogP contribution >= 0.6 is 23.8 Å². The highest BCUT2D eigenvalue weighted by molar-refractivity contribution is 7.80. The second-order valence-electron chi connectivity index (χ2n) is 4.44. The number of hydrogen-bond donors (Lipinski definition) is 1. The Balaban J connectivity index is 2.41. The van der Waals surface area contributed by atoms with Gasteiger partial charge in [0.15, 0.2) is 0 Å². The summed E-state index contributed by atoms with van der Waals surface area (Å²) in [6, 6.07) is 15.7. The van der Waals surface area contributed by atoms with Crippen LogP contribution in [0, 0.1) is 0 Å². The molecule has 1 N–H and O–H groups in total. The first kappa shape index (κ1) is 14.8. The fourth-order valence-corrected chi connectivity index (χ4v) is 2.19. The van der Waals surface area contributed by atoms with Crippen molar-refractivity contribution in [2.45, 2.75) is 13.3 Å². The van der Waals surface area contributed by atoms with Gasteiger partial charge in [0.1, 0.15) is 0 Å². The lowest BCUT2D eigenvalue weighted by Crippen LogP contribution is -2.09. The van der Waals surface area contributed by atoms with Gasteiger partial charge in [-0.1, -0.05) is 67.7 Å². The molecular formula is C17H16ClNS. The Morgan fingerprint density at radius 3 is 2.55 bits per heavy atom. The van der Waals surface area contributed by atoms with Gasteiger partial charge in [-0.05, 0) is 35.8 Å². The van der Waals surface area contributed by atoms with E-state index in [2.05, 4.69) is 11.9 Å². The predicted molar refractivity (Wildman–Crippen MR) is 92.5 cm³/mol. The Labute approximate surface area is 130 Å². The Morgan fingerprint density at radius 1 is 1.20 bits per heavy atom. The van der Waals surface area contributed by atoms with Crippen molar-refractivity contribution in [3.8, 4) is 0 Å². The summed E-state index contributed by atoms with van der Waals surface area (Å²) < 4.78 is 0. The van der Waals surface area contributed by atoms with Gasteiger partial charge in [0, 0.05) is 16.3 Å². The van der Waals surface area contributed by atoms with Gasteiger partial charge < -0.3 is 5.32 Å². The molecule has 102 valence electrons. The standard InChI is InChI=1S/C17H16ClNS/c1-3-17(20)19-16-10-9-14(18)11-15(16)12(2)13-7-5-4-6-8-13/h4-11H,2-3H2,1H3,(H,19,20). The zero-order valence-corrected chi connectivity index (χ0v) is 12.9. The van der Waals surface area contributed by atoms with E-state index in [1.165, 1.54) is 0 Å². The summed E-state index contributed by atoms with van der Waals surface area (Å²) in [5.41, 5.74) is 3.91. The van der Waals surface area contributed by atoms with Gasteiger partial charge in [-0.2, -0.15) is 0 Å². The van der Waals surface area contributed by atoms with E-state index >= 15 is 0 Å². The van der Waals surface area contributed by atoms with Crippen LogP contribution in [0.4, 0.5) is 5.69 Å². The zero-order chi connectivity index (χ0) is 14.5. The van der Waals surface area contributed by atoms with Crippen LogP contribution in [0.5, 0.6) is 0 Å². The maximum absolute atomic E-state index is 6.12. The molecule has 1 nitrogen and oxygen atoms in total. The molecule has 0 aliphatic heterocycles. The third-order valence-corrected chi connectivity index (χ3v) is 3.65. The summed E-state index contributed by atoms with van der Waals surface area (Å²) in [6.45, 7) is 6.21. The van der Waals surface area contributed by atoms with Gasteiger partial charge >= 0.3 is 0 Å². The van der Waals surface area contributed by atoms with Gasteiger partial charge in [-0.15, -0.1) is 0 Å². The number of halogens is 1. The molecule has 3 heteroatoms. The monoisotopic (exact) mass is 301 g/mol. The maximum atomic E-state index is 6.12. The van der Waals surface area contributed by atoms with Crippen molar-refractivity contribution in [2.24, 2.45) is 0 Å². The zero-order valence-electron chi connectivity index (χ0n) is 11.3. The van der Waals surface area contributed by atoms with E-state index < -0.39 is 0 Å². The molecule has 0 fully saturated rings. The lowest BCUT2D eigenvalue weighted by atomic mass is 9.98. The highest BCUT2D eigenvalue weighted by atomic mass is 35.5. The normalized spacial score (nSPS) is 10.1. The minimum Gasteiger partial charge on any atom is -0.350 e. The van der Waals surface area contributed by atoms with E-state index in [9.17, 15) is 0 Å². The molecule has 0 amide bonds. The van der Waals surface area contributed by atoms with Gasteiger partial charge in [0.25, 0.3) is 0 Å². The van der Waals surface area contributed by atoms with E-state index in [4.69, 9.17) is 23.8 Å². The summed E-state index contributed by atoms with van der Waals surface area (Å²) in [5.74, 6) is 0. The SMILES string of the molecule is C=C(c1ccccc1)c1cc(Cl)ccc1NC(=S)CC. The third-order valence-electron chi connectivity index (χ3n) is 3.02. The molecule has 0 aromatic heterocycles. The first-order valence-electron chi connectivity index (χ1n) is 6.46. The largest absolute Gasteiger partial charge is 0.350 e. The molecule has 0 saturated carbocycles. The molecule has 2 aromatic rings. The Bertz CT molecular complexity index is 635. The Hall–Kier alpha value is -1.64. The van der Waals surface area contributed by atoms with Gasteiger partial charge in [0.2, 0.25) is 0 Å². The average Bonchev–Trinajstić information content (AvgIpc) is 2.49. The number of anilines is 1. The topological polar surface area (TPSA) is 12.0 Å². The second kappa shape index (κ2) is 6.69. The van der Waals surface area contributed by atoms with Gasteiger partial charge in [-0.25, -0.2) is 0 Å². The molecule has 0 unspecified atom stereocenters. The van der Waals surface area contributed by atoms with Crippen molar-refractivity contribution in [1.29, 1.82) is 0 Å². The highest BCUT2D eigenvalue weighted by Gasteiger charge is 2.09. The quantitative estimate of drug-likeness (QED) is 0.743. The number of nitrogens with one attached hydrogen (secondary N) is 1. The van der Waals surface area contributed by atoms with Crippen LogP contribution < -0.4 is 5.32 Å². The lowest BCUT2D eigenvalue weighted by molar-refractivity contribution is 1.30. The fraction of sp³-hybridized carbons (Fsp3) is 0.118. The Morgan fingerprint density at radius 2 is 1.90 bits per heavy atom. The van der Waals surface area contributed by atoms with Crippen LogP contribution in [0.1, 0.15) is 24.5 Å². The van der Waals surface area contributed by atoms with E-state index in [0.717, 1.165) is 33.8 Å². The molecule has 0 saturated heterocycles. The smallest absolute Gasteiger partial charge is 0.0794 e. The molecule has 0 spiro atoms. The summed E-state index contributed by atoms with van der Waals surface area (Å²) in [5, 5.41) is 3.94. The van der Waals surface area contributed by atoms with Crippen molar-refractivity contribution in [3.63, 3.8) is 0 Å². The van der Waals surface area contributed by atoms with Crippen molar-refractivity contribution < 1.29 is 0 Å². The summed E-state index contributed by atoms with van der Waals surface area (Å²) >= 11 is 11.4. The van der Waals surface area contributed by atoms with Crippen LogP contribution in [-0.4, -0.2) is 4.99 Å². The number of rotatable bonds is 4. The van der Waals surface area contributed by atoms with Crippen molar-refractivity contribution in [1.82, 2.24) is 0 Å². The summed E-state index contributed by atoms with van der Waals surface area (Å²) in [7, 11) is 0. The molecule has 0 bridgehead atoms. The van der Waals surface area contributed by atoms with Gasteiger partial charge in [0.05, 0.1) is 4.99 Å².